The van der Waals surface area contributed by atoms with E-state index in [9.17, 15) is 14.4 Å². The molecular formula is C28H30N4O5. The number of methoxy groups -OCH3 is 2. The van der Waals surface area contributed by atoms with Crippen LogP contribution in [-0.2, 0) is 21.4 Å². The Kier molecular flexibility index (Phi) is 5.47. The van der Waals surface area contributed by atoms with Gasteiger partial charge in [-0.25, -0.2) is 9.78 Å². The molecule has 9 heteroatoms. The van der Waals surface area contributed by atoms with Crippen LogP contribution in [0.15, 0.2) is 30.3 Å². The molecule has 1 unspecified atom stereocenters. The van der Waals surface area contributed by atoms with Gasteiger partial charge in [0.2, 0.25) is 11.8 Å². The molecule has 3 heterocycles. The highest BCUT2D eigenvalue weighted by molar-refractivity contribution is 6.08. The van der Waals surface area contributed by atoms with Gasteiger partial charge in [-0.15, -0.1) is 0 Å². The smallest absolute Gasteiger partial charge is 0.338 e. The van der Waals surface area contributed by atoms with E-state index in [2.05, 4.69) is 6.07 Å². The third-order valence-corrected chi connectivity index (χ3v) is 7.96. The summed E-state index contributed by atoms with van der Waals surface area (Å²) in [6, 6.07) is 9.43. The molecule has 0 spiro atoms. The molecule has 3 aliphatic rings. The van der Waals surface area contributed by atoms with Crippen molar-refractivity contribution in [3.63, 3.8) is 0 Å². The monoisotopic (exact) mass is 502 g/mol. The molecule has 2 aromatic carbocycles. The molecule has 6 rings (SSSR count). The number of carbonyl (C=O) groups excluding carboxylic acids is 3. The van der Waals surface area contributed by atoms with E-state index in [-0.39, 0.29) is 17.7 Å². The number of aromatic nitrogens is 2. The van der Waals surface area contributed by atoms with Crippen LogP contribution in [0.4, 0.5) is 5.69 Å². The van der Waals surface area contributed by atoms with Crippen LogP contribution in [-0.4, -0.2) is 66.1 Å². The first-order valence-electron chi connectivity index (χ1n) is 12.6. The van der Waals surface area contributed by atoms with Crippen LogP contribution in [0.25, 0.3) is 11.0 Å². The fourth-order valence-corrected chi connectivity index (χ4v) is 5.75. The van der Waals surface area contributed by atoms with E-state index in [0.29, 0.717) is 53.7 Å². The standard InChI is InChI=1S/C28H30N4O5/c1-15(33)31-13-18(14-31)19-6-5-7-20-23(27(34)32(24(19)20)12-16-8-9-16)26-29-21-10-17(28(35)37-4)11-22(36-3)25(21)30(26)2/h5-7,10-11,16,18,23H,8-9,12-14H2,1-4H3. The predicted octanol–water partition coefficient (Wildman–Crippen LogP) is 3.20. The first-order chi connectivity index (χ1) is 17.8. The van der Waals surface area contributed by atoms with Gasteiger partial charge in [-0.2, -0.15) is 0 Å². The van der Waals surface area contributed by atoms with Crippen LogP contribution in [0.3, 0.4) is 0 Å². The van der Waals surface area contributed by atoms with Gasteiger partial charge in [0.15, 0.2) is 0 Å². The second kappa shape index (κ2) is 8.61. The number of fused-ring (bicyclic) bond motifs is 2. The molecule has 1 aliphatic carbocycles. The van der Waals surface area contributed by atoms with Gasteiger partial charge in [0.1, 0.15) is 23.0 Å². The maximum Gasteiger partial charge on any atom is 0.338 e. The van der Waals surface area contributed by atoms with Gasteiger partial charge in [0.05, 0.1) is 31.0 Å². The molecule has 9 nitrogen and oxygen atoms in total. The van der Waals surface area contributed by atoms with Gasteiger partial charge < -0.3 is 23.8 Å². The molecule has 1 saturated heterocycles. The maximum absolute atomic E-state index is 14.1. The second-order valence-corrected chi connectivity index (χ2v) is 10.3. The van der Waals surface area contributed by atoms with Crippen molar-refractivity contribution in [2.75, 3.05) is 38.8 Å². The van der Waals surface area contributed by atoms with Crippen molar-refractivity contribution < 1.29 is 23.9 Å². The highest BCUT2D eigenvalue weighted by atomic mass is 16.5. The molecule has 1 aromatic heterocycles. The molecule has 37 heavy (non-hydrogen) atoms. The lowest BCUT2D eigenvalue weighted by atomic mass is 9.87. The molecule has 0 radical (unpaired) electrons. The molecular weight excluding hydrogens is 472 g/mol. The molecule has 1 saturated carbocycles. The molecule has 2 fully saturated rings. The highest BCUT2D eigenvalue weighted by Crippen LogP contribution is 2.48. The van der Waals surface area contributed by atoms with Crippen LogP contribution >= 0.6 is 0 Å². The fraction of sp³-hybridized carbons (Fsp3) is 0.429. The van der Waals surface area contributed by atoms with Crippen molar-refractivity contribution >= 4 is 34.5 Å². The minimum atomic E-state index is -0.568. The van der Waals surface area contributed by atoms with Gasteiger partial charge >= 0.3 is 5.97 Å². The number of esters is 1. The zero-order valence-electron chi connectivity index (χ0n) is 21.5. The number of likely N-dealkylation sites (tertiary alicyclic amines) is 1. The number of anilines is 1. The zero-order chi connectivity index (χ0) is 26.0. The number of hydrogen-bond donors (Lipinski definition) is 0. The summed E-state index contributed by atoms with van der Waals surface area (Å²) in [6.45, 7) is 3.63. The van der Waals surface area contributed by atoms with Crippen LogP contribution in [0.5, 0.6) is 5.75 Å². The quantitative estimate of drug-likeness (QED) is 0.481. The van der Waals surface area contributed by atoms with E-state index < -0.39 is 11.9 Å². The number of para-hydroxylation sites is 1. The Bertz CT molecular complexity index is 1450. The lowest BCUT2D eigenvalue weighted by Crippen LogP contribution is -2.47. The third-order valence-electron chi connectivity index (χ3n) is 7.96. The second-order valence-electron chi connectivity index (χ2n) is 10.3. The van der Waals surface area contributed by atoms with Crippen LogP contribution in [0.1, 0.15) is 58.9 Å². The van der Waals surface area contributed by atoms with Crippen LogP contribution < -0.4 is 9.64 Å². The van der Waals surface area contributed by atoms with Crippen LogP contribution in [0, 0.1) is 5.92 Å². The summed E-state index contributed by atoms with van der Waals surface area (Å²) in [5, 5.41) is 0. The number of carbonyl (C=O) groups is 3. The molecule has 1 atom stereocenters. The Morgan fingerprint density at radius 2 is 1.84 bits per heavy atom. The minimum Gasteiger partial charge on any atom is -0.494 e. The summed E-state index contributed by atoms with van der Waals surface area (Å²) in [5.74, 6) is 0.868. The molecule has 2 aliphatic heterocycles. The molecule has 2 amide bonds. The summed E-state index contributed by atoms with van der Waals surface area (Å²) >= 11 is 0. The fourth-order valence-electron chi connectivity index (χ4n) is 5.75. The molecule has 0 N–H and O–H groups in total. The largest absolute Gasteiger partial charge is 0.494 e. The third kappa shape index (κ3) is 3.67. The topological polar surface area (TPSA) is 94.0 Å². The average Bonchev–Trinajstić information content (AvgIpc) is 3.56. The van der Waals surface area contributed by atoms with Crippen molar-refractivity contribution in [2.24, 2.45) is 13.0 Å². The average molecular weight is 503 g/mol. The van der Waals surface area contributed by atoms with Gasteiger partial charge in [0.25, 0.3) is 0 Å². The summed E-state index contributed by atoms with van der Waals surface area (Å²) in [4.78, 5) is 46.8. The lowest BCUT2D eigenvalue weighted by molar-refractivity contribution is -0.133. The number of ether oxygens (including phenoxy) is 2. The van der Waals surface area contributed by atoms with Crippen molar-refractivity contribution in [3.05, 3.63) is 52.8 Å². The number of rotatable bonds is 6. The van der Waals surface area contributed by atoms with E-state index in [1.54, 1.807) is 26.2 Å². The summed E-state index contributed by atoms with van der Waals surface area (Å²) in [5.41, 5.74) is 4.66. The summed E-state index contributed by atoms with van der Waals surface area (Å²) in [7, 11) is 4.76. The Morgan fingerprint density at radius 1 is 1.11 bits per heavy atom. The Morgan fingerprint density at radius 3 is 2.49 bits per heavy atom. The number of aryl methyl sites for hydroxylation is 1. The number of nitrogens with zero attached hydrogens (tertiary/aromatic N) is 4. The Balaban J connectivity index is 1.48. The van der Waals surface area contributed by atoms with Gasteiger partial charge in [-0.3, -0.25) is 9.59 Å². The Labute approximate surface area is 214 Å². The number of amides is 2. The SMILES string of the molecule is COC(=O)c1cc(OC)c2c(c1)nc(C1C(=O)N(CC3CC3)c3c(C4CN(C(C)=O)C4)cccc31)n2C. The van der Waals surface area contributed by atoms with Crippen molar-refractivity contribution in [3.8, 4) is 5.75 Å². The molecule has 192 valence electrons. The van der Waals surface area contributed by atoms with E-state index in [1.165, 1.54) is 7.11 Å². The van der Waals surface area contributed by atoms with Gasteiger partial charge in [-0.05, 0) is 42.0 Å². The normalized spacial score (nSPS) is 19.2. The summed E-state index contributed by atoms with van der Waals surface area (Å²) < 4.78 is 12.4. The number of hydrogen-bond acceptors (Lipinski definition) is 6. The number of imidazole rings is 1. The van der Waals surface area contributed by atoms with Gasteiger partial charge in [-0.1, -0.05) is 18.2 Å². The molecule has 3 aromatic rings. The number of benzene rings is 2. The predicted molar refractivity (Wildman–Crippen MR) is 137 cm³/mol. The zero-order valence-corrected chi connectivity index (χ0v) is 21.5. The summed E-state index contributed by atoms with van der Waals surface area (Å²) in [6.07, 6.45) is 2.26. The first-order valence-corrected chi connectivity index (χ1v) is 12.6. The highest BCUT2D eigenvalue weighted by Gasteiger charge is 2.46. The van der Waals surface area contributed by atoms with Crippen molar-refractivity contribution in [2.45, 2.75) is 31.6 Å². The van der Waals surface area contributed by atoms with E-state index >= 15 is 0 Å². The van der Waals surface area contributed by atoms with Gasteiger partial charge in [0, 0.05) is 39.5 Å². The van der Waals surface area contributed by atoms with E-state index in [4.69, 9.17) is 14.5 Å². The maximum atomic E-state index is 14.1. The lowest BCUT2D eigenvalue weighted by Gasteiger charge is -2.40. The van der Waals surface area contributed by atoms with Crippen LogP contribution in [0.2, 0.25) is 0 Å². The van der Waals surface area contributed by atoms with Crippen molar-refractivity contribution in [1.29, 1.82) is 0 Å². The van der Waals surface area contributed by atoms with E-state index in [1.807, 2.05) is 33.5 Å². The van der Waals surface area contributed by atoms with E-state index in [0.717, 1.165) is 29.7 Å². The molecule has 0 bridgehead atoms. The van der Waals surface area contributed by atoms with Crippen molar-refractivity contribution in [1.82, 2.24) is 14.5 Å². The first kappa shape index (κ1) is 23.5. The minimum absolute atomic E-state index is 0.0164. The Hall–Kier alpha value is -3.88.